The van der Waals surface area contributed by atoms with Gasteiger partial charge < -0.3 is 20.3 Å². The smallest absolute Gasteiger partial charge is 0.319 e. The van der Waals surface area contributed by atoms with Crippen LogP contribution in [0.25, 0.3) is 0 Å². The van der Waals surface area contributed by atoms with Gasteiger partial charge >= 0.3 is 6.03 Å². The summed E-state index contributed by atoms with van der Waals surface area (Å²) in [5.41, 5.74) is 3.41. The molecule has 0 spiro atoms. The molecule has 2 N–H and O–H groups in total. The van der Waals surface area contributed by atoms with E-state index in [2.05, 4.69) is 15.5 Å². The van der Waals surface area contributed by atoms with Gasteiger partial charge in [-0.3, -0.25) is 4.79 Å². The molecule has 1 aliphatic rings. The maximum absolute atomic E-state index is 12.3. The number of ether oxygens (including phenoxy) is 1. The number of morpholine rings is 1. The lowest BCUT2D eigenvalue weighted by molar-refractivity contribution is 0.0993. The second-order valence-electron chi connectivity index (χ2n) is 6.25. The highest BCUT2D eigenvalue weighted by Crippen LogP contribution is 2.17. The minimum atomic E-state index is -0.395. The minimum Gasteiger partial charge on any atom is -0.378 e. The van der Waals surface area contributed by atoms with Crippen LogP contribution in [0.15, 0.2) is 48.5 Å². The van der Waals surface area contributed by atoms with Crippen LogP contribution in [-0.2, 0) is 4.74 Å². The summed E-state index contributed by atoms with van der Waals surface area (Å²) in [6, 6.07) is 14.6. The van der Waals surface area contributed by atoms with E-state index in [4.69, 9.17) is 4.74 Å². The maximum atomic E-state index is 12.3. The number of rotatable bonds is 5. The van der Waals surface area contributed by atoms with E-state index in [0.29, 0.717) is 11.3 Å². The van der Waals surface area contributed by atoms with Gasteiger partial charge in [-0.25, -0.2) is 4.79 Å². The van der Waals surface area contributed by atoms with Gasteiger partial charge in [-0.15, -0.1) is 0 Å². The van der Waals surface area contributed by atoms with E-state index in [1.54, 1.807) is 18.2 Å². The second kappa shape index (κ2) is 8.49. The van der Waals surface area contributed by atoms with Crippen molar-refractivity contribution >= 4 is 23.2 Å². The predicted octanol–water partition coefficient (Wildman–Crippen LogP) is 2.84. The molecule has 3 rings (SSSR count). The van der Waals surface area contributed by atoms with Crippen molar-refractivity contribution in [2.45, 2.75) is 6.92 Å². The van der Waals surface area contributed by atoms with Gasteiger partial charge in [0.25, 0.3) is 0 Å². The minimum absolute atomic E-state index is 0.0471. The average Bonchev–Trinajstić information content (AvgIpc) is 2.67. The van der Waals surface area contributed by atoms with E-state index >= 15 is 0 Å². The number of hydrogen-bond donors (Lipinski definition) is 2. The molecule has 26 heavy (non-hydrogen) atoms. The summed E-state index contributed by atoms with van der Waals surface area (Å²) in [5, 5.41) is 5.32. The van der Waals surface area contributed by atoms with Crippen LogP contribution in [0.4, 0.5) is 16.2 Å². The zero-order valence-corrected chi connectivity index (χ0v) is 14.8. The molecule has 0 bridgehead atoms. The third-order valence-electron chi connectivity index (χ3n) is 4.25. The Morgan fingerprint density at radius 2 is 1.81 bits per heavy atom. The number of ketones is 1. The summed E-state index contributed by atoms with van der Waals surface area (Å²) in [4.78, 5) is 26.4. The molecule has 0 radical (unpaired) electrons. The van der Waals surface area contributed by atoms with Gasteiger partial charge in [-0.2, -0.15) is 0 Å². The Morgan fingerprint density at radius 1 is 1.08 bits per heavy atom. The fraction of sp³-hybridized carbons (Fsp3) is 0.300. The Labute approximate surface area is 153 Å². The van der Waals surface area contributed by atoms with Gasteiger partial charge in [0.2, 0.25) is 0 Å². The van der Waals surface area contributed by atoms with E-state index in [0.717, 1.165) is 37.6 Å². The van der Waals surface area contributed by atoms with Crippen LogP contribution < -0.4 is 15.5 Å². The van der Waals surface area contributed by atoms with Crippen LogP contribution in [0.1, 0.15) is 15.9 Å². The molecular weight excluding hydrogens is 330 g/mol. The van der Waals surface area contributed by atoms with E-state index in [1.165, 1.54) is 0 Å². The molecule has 6 nitrogen and oxygen atoms in total. The van der Waals surface area contributed by atoms with Crippen LogP contribution in [-0.4, -0.2) is 44.7 Å². The van der Waals surface area contributed by atoms with Crippen LogP contribution >= 0.6 is 0 Å². The van der Waals surface area contributed by atoms with Crippen LogP contribution in [0.3, 0.4) is 0 Å². The van der Waals surface area contributed by atoms with Crippen LogP contribution in [0, 0.1) is 6.92 Å². The standard InChI is InChI=1S/C20H23N3O3/c1-15-3-2-4-17(13-15)22-20(25)21-14-19(24)16-5-7-18(8-6-16)23-9-11-26-12-10-23/h2-8,13H,9-12,14H2,1H3,(H2,21,22,25). The third kappa shape index (κ3) is 4.83. The van der Waals surface area contributed by atoms with Crippen molar-refractivity contribution in [2.24, 2.45) is 0 Å². The van der Waals surface area contributed by atoms with Gasteiger partial charge in [-0.05, 0) is 48.9 Å². The monoisotopic (exact) mass is 353 g/mol. The molecule has 2 aromatic carbocycles. The second-order valence-corrected chi connectivity index (χ2v) is 6.25. The molecule has 2 amide bonds. The summed E-state index contributed by atoms with van der Waals surface area (Å²) in [7, 11) is 0. The van der Waals surface area contributed by atoms with Gasteiger partial charge in [0.1, 0.15) is 0 Å². The first kappa shape index (κ1) is 17.9. The normalized spacial score (nSPS) is 14.0. The largest absolute Gasteiger partial charge is 0.378 e. The van der Waals surface area contributed by atoms with Crippen molar-refractivity contribution in [3.63, 3.8) is 0 Å². The van der Waals surface area contributed by atoms with Crippen LogP contribution in [0.2, 0.25) is 0 Å². The highest BCUT2D eigenvalue weighted by atomic mass is 16.5. The third-order valence-corrected chi connectivity index (χ3v) is 4.25. The molecule has 6 heteroatoms. The Morgan fingerprint density at radius 3 is 2.50 bits per heavy atom. The van der Waals surface area contributed by atoms with Gasteiger partial charge in [-0.1, -0.05) is 12.1 Å². The van der Waals surface area contributed by atoms with Crippen LogP contribution in [0.5, 0.6) is 0 Å². The van der Waals surface area contributed by atoms with Crippen molar-refractivity contribution in [3.05, 3.63) is 59.7 Å². The lowest BCUT2D eigenvalue weighted by atomic mass is 10.1. The van der Waals surface area contributed by atoms with Gasteiger partial charge in [0.15, 0.2) is 5.78 Å². The first-order valence-electron chi connectivity index (χ1n) is 8.69. The first-order valence-corrected chi connectivity index (χ1v) is 8.69. The molecule has 0 atom stereocenters. The SMILES string of the molecule is Cc1cccc(NC(=O)NCC(=O)c2ccc(N3CCOCC3)cc2)c1. The lowest BCUT2D eigenvalue weighted by Crippen LogP contribution is -2.36. The number of aryl methyl sites for hydroxylation is 1. The summed E-state index contributed by atoms with van der Waals surface area (Å²) >= 11 is 0. The van der Waals surface area contributed by atoms with Crippen molar-refractivity contribution < 1.29 is 14.3 Å². The summed E-state index contributed by atoms with van der Waals surface area (Å²) in [6.07, 6.45) is 0. The fourth-order valence-electron chi connectivity index (χ4n) is 2.84. The molecule has 1 fully saturated rings. The highest BCUT2D eigenvalue weighted by Gasteiger charge is 2.13. The Hall–Kier alpha value is -2.86. The predicted molar refractivity (Wildman–Crippen MR) is 102 cm³/mol. The summed E-state index contributed by atoms with van der Waals surface area (Å²) in [5.74, 6) is -0.127. The number of anilines is 2. The first-order chi connectivity index (χ1) is 12.6. The van der Waals surface area contributed by atoms with Crippen molar-refractivity contribution in [2.75, 3.05) is 43.1 Å². The van der Waals surface area contributed by atoms with Gasteiger partial charge in [0, 0.05) is 30.0 Å². The quantitative estimate of drug-likeness (QED) is 0.811. The molecule has 136 valence electrons. The van der Waals surface area contributed by atoms with E-state index in [1.807, 2.05) is 37.3 Å². The molecule has 0 aromatic heterocycles. The maximum Gasteiger partial charge on any atom is 0.319 e. The zero-order chi connectivity index (χ0) is 18.4. The summed E-state index contributed by atoms with van der Waals surface area (Å²) in [6.45, 7) is 5.06. The molecule has 1 saturated heterocycles. The molecular formula is C20H23N3O3. The Kier molecular flexibility index (Phi) is 5.86. The number of Topliss-reactive ketones (excluding diaryl/α,β-unsaturated/α-hetero) is 1. The molecule has 0 aliphatic carbocycles. The molecule has 0 unspecified atom stereocenters. The van der Waals surface area contributed by atoms with Gasteiger partial charge in [0.05, 0.1) is 19.8 Å². The number of hydrogen-bond acceptors (Lipinski definition) is 4. The Bertz CT molecular complexity index is 768. The van der Waals surface area contributed by atoms with Crippen molar-refractivity contribution in [1.82, 2.24) is 5.32 Å². The van der Waals surface area contributed by atoms with E-state index < -0.39 is 6.03 Å². The number of nitrogens with one attached hydrogen (secondary N) is 2. The highest BCUT2D eigenvalue weighted by molar-refractivity contribution is 6.00. The topological polar surface area (TPSA) is 70.7 Å². The molecule has 2 aromatic rings. The Balaban J connectivity index is 1.50. The number of amides is 2. The van der Waals surface area contributed by atoms with E-state index in [9.17, 15) is 9.59 Å². The molecule has 1 heterocycles. The van der Waals surface area contributed by atoms with Crippen molar-refractivity contribution in [3.8, 4) is 0 Å². The molecule has 1 aliphatic heterocycles. The zero-order valence-electron chi connectivity index (χ0n) is 14.8. The number of carbonyl (C=O) groups is 2. The number of benzene rings is 2. The summed E-state index contributed by atoms with van der Waals surface area (Å²) < 4.78 is 5.34. The van der Waals surface area contributed by atoms with E-state index in [-0.39, 0.29) is 12.3 Å². The number of carbonyl (C=O) groups excluding carboxylic acids is 2. The lowest BCUT2D eigenvalue weighted by Gasteiger charge is -2.28. The number of nitrogens with zero attached hydrogens (tertiary/aromatic N) is 1. The fourth-order valence-corrected chi connectivity index (χ4v) is 2.84. The molecule has 0 saturated carbocycles. The number of urea groups is 1. The van der Waals surface area contributed by atoms with Crippen molar-refractivity contribution in [1.29, 1.82) is 0 Å². The average molecular weight is 353 g/mol.